The number of pyridine rings is 3. The first kappa shape index (κ1) is 23.6. The zero-order chi connectivity index (χ0) is 23.5. The average Bonchev–Trinajstić information content (AvgIpc) is 3.26. The molecule has 0 aliphatic heterocycles. The molecule has 3 heterocycles. The van der Waals surface area contributed by atoms with Gasteiger partial charge in [-0.05, 0) is 58.3 Å². The predicted molar refractivity (Wildman–Crippen MR) is 142 cm³/mol. The second kappa shape index (κ2) is 10.6. The summed E-state index contributed by atoms with van der Waals surface area (Å²) in [7, 11) is 0. The first-order chi connectivity index (χ1) is 17.4. The van der Waals surface area contributed by atoms with Gasteiger partial charge in [-0.1, -0.05) is 54.6 Å². The fourth-order valence-corrected chi connectivity index (χ4v) is 4.37. The number of fused-ring (bicyclic) bond motifs is 3. The number of aromatic nitrogens is 3. The quantitative estimate of drug-likeness (QED) is 0.202. The van der Waals surface area contributed by atoms with E-state index in [9.17, 15) is 0 Å². The van der Waals surface area contributed by atoms with Crippen molar-refractivity contribution in [3.63, 3.8) is 0 Å². The van der Waals surface area contributed by atoms with Crippen molar-refractivity contribution >= 4 is 22.5 Å². The Kier molecular flexibility index (Phi) is 6.94. The zero-order valence-electron chi connectivity index (χ0n) is 19.2. The van der Waals surface area contributed by atoms with Gasteiger partial charge in [0.2, 0.25) is 0 Å². The van der Waals surface area contributed by atoms with Gasteiger partial charge in [0.25, 0.3) is 0 Å². The molecule has 36 heavy (non-hydrogen) atoms. The van der Waals surface area contributed by atoms with Crippen molar-refractivity contribution in [2.24, 2.45) is 0 Å². The summed E-state index contributed by atoms with van der Waals surface area (Å²) in [5.74, 6) is 1.61. The molecule has 1 aliphatic carbocycles. The van der Waals surface area contributed by atoms with Gasteiger partial charge in [-0.15, -0.1) is 35.9 Å². The van der Waals surface area contributed by atoms with Crippen LogP contribution in [0, 0.1) is 6.07 Å². The summed E-state index contributed by atoms with van der Waals surface area (Å²) >= 11 is 0. The largest absolute Gasteiger partial charge is 0.325 e. The number of nitrogens with zero attached hydrogens (tertiary/aromatic N) is 3. The van der Waals surface area contributed by atoms with E-state index >= 15 is 0 Å². The SMILES string of the molecule is [Ir].[c-]1ccccc1-c1cc2c3c(cccc3n1)-c1ccccc1-2.c1ccc(Nc2ccccn2)nc1. The van der Waals surface area contributed by atoms with Crippen LogP contribution in [0.4, 0.5) is 11.6 Å². The minimum atomic E-state index is 0. The van der Waals surface area contributed by atoms with Gasteiger partial charge in [0, 0.05) is 37.9 Å². The zero-order valence-corrected chi connectivity index (χ0v) is 21.6. The number of hydrogen-bond donors (Lipinski definition) is 1. The Bertz CT molecular complexity index is 1570. The van der Waals surface area contributed by atoms with Crippen LogP contribution in [0.2, 0.25) is 0 Å². The number of hydrogen-bond acceptors (Lipinski definition) is 4. The van der Waals surface area contributed by atoms with E-state index in [0.29, 0.717) is 0 Å². The molecule has 175 valence electrons. The number of benzene rings is 3. The molecule has 4 nitrogen and oxygen atoms in total. The Labute approximate surface area is 223 Å². The molecule has 0 bridgehead atoms. The molecule has 0 atom stereocenters. The molecule has 0 amide bonds. The fraction of sp³-hybridized carbons (Fsp3) is 0. The molecule has 1 N–H and O–H groups in total. The molecule has 0 saturated carbocycles. The first-order valence-corrected chi connectivity index (χ1v) is 11.5. The van der Waals surface area contributed by atoms with Crippen molar-refractivity contribution in [1.29, 1.82) is 0 Å². The maximum absolute atomic E-state index is 4.86. The van der Waals surface area contributed by atoms with Gasteiger partial charge in [0.15, 0.2) is 0 Å². The standard InChI is InChI=1S/C21H12N.C10H9N3.Ir/c1-2-7-14(8-3-1)20-13-18-16-10-5-4-9-15(16)17-11-6-12-19(22-20)21(17)18;1-3-7-11-9(5-1)13-10-6-2-4-8-12-10;/h1-7,9-13H;1-8H,(H,11,12,13);/q-1;;. The monoisotopic (exact) mass is 642 g/mol. The summed E-state index contributed by atoms with van der Waals surface area (Å²) in [5, 5.41) is 4.35. The van der Waals surface area contributed by atoms with Crippen molar-refractivity contribution in [1.82, 2.24) is 15.0 Å². The maximum atomic E-state index is 4.86. The average molecular weight is 642 g/mol. The molecular weight excluding hydrogens is 621 g/mol. The topological polar surface area (TPSA) is 50.7 Å². The van der Waals surface area contributed by atoms with Crippen LogP contribution >= 0.6 is 0 Å². The smallest absolute Gasteiger partial charge is 0.131 e. The van der Waals surface area contributed by atoms with Crippen LogP contribution in [-0.2, 0) is 20.1 Å². The van der Waals surface area contributed by atoms with Gasteiger partial charge in [-0.2, -0.15) is 0 Å². The Morgan fingerprint density at radius 1 is 0.583 bits per heavy atom. The van der Waals surface area contributed by atoms with Gasteiger partial charge in [-0.3, -0.25) is 4.98 Å². The molecule has 3 aromatic heterocycles. The van der Waals surface area contributed by atoms with E-state index in [4.69, 9.17) is 4.98 Å². The Hall–Kier alpha value is -4.18. The van der Waals surface area contributed by atoms with Crippen LogP contribution < -0.4 is 5.32 Å². The maximum Gasteiger partial charge on any atom is 0.131 e. The third-order valence-corrected chi connectivity index (χ3v) is 5.91. The second-order valence-electron chi connectivity index (χ2n) is 8.13. The van der Waals surface area contributed by atoms with E-state index in [1.807, 2.05) is 54.6 Å². The minimum absolute atomic E-state index is 0. The van der Waals surface area contributed by atoms with Crippen molar-refractivity contribution in [2.75, 3.05) is 5.32 Å². The molecule has 0 saturated heterocycles. The van der Waals surface area contributed by atoms with Gasteiger partial charge in [0.1, 0.15) is 11.6 Å². The van der Waals surface area contributed by atoms with Crippen molar-refractivity contribution in [3.05, 3.63) is 128 Å². The molecule has 1 radical (unpaired) electrons. The Morgan fingerprint density at radius 2 is 1.22 bits per heavy atom. The van der Waals surface area contributed by atoms with Crippen LogP contribution in [0.25, 0.3) is 44.4 Å². The van der Waals surface area contributed by atoms with E-state index in [-0.39, 0.29) is 20.1 Å². The van der Waals surface area contributed by atoms with Gasteiger partial charge < -0.3 is 5.32 Å². The van der Waals surface area contributed by atoms with E-state index in [2.05, 4.69) is 75.9 Å². The normalized spacial score (nSPS) is 10.6. The molecule has 7 rings (SSSR count). The number of anilines is 2. The molecule has 1 aliphatic rings. The van der Waals surface area contributed by atoms with E-state index < -0.39 is 0 Å². The summed E-state index contributed by atoms with van der Waals surface area (Å²) < 4.78 is 0. The Balaban J connectivity index is 0.000000164. The molecule has 0 spiro atoms. The van der Waals surface area contributed by atoms with Crippen LogP contribution in [0.5, 0.6) is 0 Å². The molecule has 0 unspecified atom stereocenters. The van der Waals surface area contributed by atoms with Crippen LogP contribution in [0.15, 0.2) is 122 Å². The third kappa shape index (κ3) is 4.67. The summed E-state index contributed by atoms with van der Waals surface area (Å²) in [5.41, 5.74) is 8.25. The third-order valence-electron chi connectivity index (χ3n) is 5.91. The number of nitrogens with one attached hydrogen (secondary N) is 1. The van der Waals surface area contributed by atoms with E-state index in [1.165, 1.54) is 27.6 Å². The number of rotatable bonds is 3. The minimum Gasteiger partial charge on any atom is -0.325 e. The molecule has 6 aromatic rings. The van der Waals surface area contributed by atoms with Crippen LogP contribution in [-0.4, -0.2) is 15.0 Å². The summed E-state index contributed by atoms with van der Waals surface area (Å²) in [6.45, 7) is 0. The Morgan fingerprint density at radius 3 is 1.86 bits per heavy atom. The second-order valence-corrected chi connectivity index (χ2v) is 8.13. The van der Waals surface area contributed by atoms with E-state index in [0.717, 1.165) is 28.4 Å². The predicted octanol–water partition coefficient (Wildman–Crippen LogP) is 7.57. The van der Waals surface area contributed by atoms with Crippen molar-refractivity contribution in [2.45, 2.75) is 0 Å². The van der Waals surface area contributed by atoms with Crippen molar-refractivity contribution in [3.8, 4) is 33.5 Å². The van der Waals surface area contributed by atoms with Crippen molar-refractivity contribution < 1.29 is 20.1 Å². The van der Waals surface area contributed by atoms with Crippen LogP contribution in [0.1, 0.15) is 0 Å². The molecule has 3 aromatic carbocycles. The van der Waals surface area contributed by atoms with Crippen LogP contribution in [0.3, 0.4) is 0 Å². The summed E-state index contributed by atoms with van der Waals surface area (Å²) in [6.07, 6.45) is 3.48. The molecule has 0 fully saturated rings. The van der Waals surface area contributed by atoms with Gasteiger partial charge in [-0.25, -0.2) is 9.97 Å². The van der Waals surface area contributed by atoms with Gasteiger partial charge >= 0.3 is 0 Å². The van der Waals surface area contributed by atoms with E-state index in [1.54, 1.807) is 12.4 Å². The summed E-state index contributed by atoms with van der Waals surface area (Å²) in [6, 6.07) is 39.9. The molecular formula is C31H21IrN4-. The first-order valence-electron chi connectivity index (χ1n) is 11.5. The fourth-order valence-electron chi connectivity index (χ4n) is 4.37. The molecule has 5 heteroatoms. The van der Waals surface area contributed by atoms with Gasteiger partial charge in [0.05, 0.1) is 5.52 Å². The summed E-state index contributed by atoms with van der Waals surface area (Å²) in [4.78, 5) is 13.1.